The van der Waals surface area contributed by atoms with Crippen molar-refractivity contribution >= 4 is 11.9 Å². The first-order valence-electron chi connectivity index (χ1n) is 4.51. The molecule has 0 aromatic heterocycles. The minimum Gasteiger partial charge on any atom is -0.478 e. The largest absolute Gasteiger partial charge is 0.478 e. The number of carboxylic acids is 2. The maximum absolute atomic E-state index is 10.7. The highest BCUT2D eigenvalue weighted by molar-refractivity contribution is 5.94. The zero-order valence-corrected chi connectivity index (χ0v) is 8.65. The van der Waals surface area contributed by atoms with Gasteiger partial charge in [-0.2, -0.15) is 0 Å². The van der Waals surface area contributed by atoms with Gasteiger partial charge < -0.3 is 10.2 Å². The van der Waals surface area contributed by atoms with Crippen molar-refractivity contribution < 1.29 is 19.8 Å². The van der Waals surface area contributed by atoms with E-state index in [9.17, 15) is 9.59 Å². The van der Waals surface area contributed by atoms with Crippen molar-refractivity contribution in [2.45, 2.75) is 27.2 Å². The maximum Gasteiger partial charge on any atom is 0.331 e. The van der Waals surface area contributed by atoms with Gasteiger partial charge in [-0.15, -0.1) is 0 Å². The van der Waals surface area contributed by atoms with E-state index >= 15 is 0 Å². The van der Waals surface area contributed by atoms with Gasteiger partial charge in [0.1, 0.15) is 0 Å². The minimum absolute atomic E-state index is 0.0429. The van der Waals surface area contributed by atoms with Gasteiger partial charge in [-0.25, -0.2) is 9.59 Å². The van der Waals surface area contributed by atoms with Crippen molar-refractivity contribution in [1.29, 1.82) is 0 Å². The standard InChI is InChI=1S/C10H16O4/c1-6(2)7(3)4-8(10(13)14)5-9(11)12/h5-7H,4H2,1-3H3,(H,11,12)(H,13,14). The van der Waals surface area contributed by atoms with E-state index in [1.807, 2.05) is 20.8 Å². The van der Waals surface area contributed by atoms with Crippen molar-refractivity contribution in [1.82, 2.24) is 0 Å². The van der Waals surface area contributed by atoms with Crippen molar-refractivity contribution in [2.75, 3.05) is 0 Å². The van der Waals surface area contributed by atoms with Crippen LogP contribution in [0.3, 0.4) is 0 Å². The van der Waals surface area contributed by atoms with Gasteiger partial charge in [-0.1, -0.05) is 20.8 Å². The van der Waals surface area contributed by atoms with Crippen LogP contribution in [0.15, 0.2) is 11.6 Å². The van der Waals surface area contributed by atoms with Crippen LogP contribution in [0.2, 0.25) is 0 Å². The average Bonchev–Trinajstić information content (AvgIpc) is 2.01. The quantitative estimate of drug-likeness (QED) is 0.663. The summed E-state index contributed by atoms with van der Waals surface area (Å²) in [5.74, 6) is -1.86. The summed E-state index contributed by atoms with van der Waals surface area (Å²) in [4.78, 5) is 21.0. The molecule has 0 spiro atoms. The first-order valence-corrected chi connectivity index (χ1v) is 4.51. The van der Waals surface area contributed by atoms with Crippen LogP contribution in [-0.2, 0) is 9.59 Å². The molecular weight excluding hydrogens is 184 g/mol. The smallest absolute Gasteiger partial charge is 0.331 e. The van der Waals surface area contributed by atoms with Gasteiger partial charge >= 0.3 is 11.9 Å². The molecule has 0 amide bonds. The van der Waals surface area contributed by atoms with E-state index in [1.165, 1.54) is 0 Å². The molecule has 0 aliphatic rings. The van der Waals surface area contributed by atoms with Gasteiger partial charge in [-0.3, -0.25) is 0 Å². The first kappa shape index (κ1) is 12.7. The fourth-order valence-electron chi connectivity index (χ4n) is 0.940. The second kappa shape index (κ2) is 5.42. The number of rotatable bonds is 5. The second-order valence-electron chi connectivity index (χ2n) is 3.74. The molecule has 0 heterocycles. The lowest BCUT2D eigenvalue weighted by atomic mass is 9.91. The Kier molecular flexibility index (Phi) is 4.91. The molecule has 0 saturated heterocycles. The van der Waals surface area contributed by atoms with Crippen LogP contribution < -0.4 is 0 Å². The van der Waals surface area contributed by atoms with E-state index in [4.69, 9.17) is 10.2 Å². The summed E-state index contributed by atoms with van der Waals surface area (Å²) in [6.07, 6.45) is 1.06. The molecular formula is C10H16O4. The van der Waals surface area contributed by atoms with Crippen LogP contribution in [0.25, 0.3) is 0 Å². The lowest BCUT2D eigenvalue weighted by molar-refractivity contribution is -0.135. The van der Waals surface area contributed by atoms with Crippen LogP contribution in [0.4, 0.5) is 0 Å². The molecule has 1 atom stereocenters. The van der Waals surface area contributed by atoms with Crippen LogP contribution >= 0.6 is 0 Å². The Morgan fingerprint density at radius 3 is 2.00 bits per heavy atom. The van der Waals surface area contributed by atoms with Gasteiger partial charge in [0.05, 0.1) is 0 Å². The molecule has 2 N–H and O–H groups in total. The van der Waals surface area contributed by atoms with E-state index in [0.717, 1.165) is 6.08 Å². The van der Waals surface area contributed by atoms with Crippen LogP contribution in [0.1, 0.15) is 27.2 Å². The van der Waals surface area contributed by atoms with Crippen LogP contribution in [-0.4, -0.2) is 22.2 Å². The predicted molar refractivity (Wildman–Crippen MR) is 52.0 cm³/mol. The fraction of sp³-hybridized carbons (Fsp3) is 0.600. The first-order chi connectivity index (χ1) is 6.34. The normalized spacial score (nSPS) is 14.1. The minimum atomic E-state index is -1.21. The zero-order chi connectivity index (χ0) is 11.3. The zero-order valence-electron chi connectivity index (χ0n) is 8.65. The Morgan fingerprint density at radius 2 is 1.71 bits per heavy atom. The van der Waals surface area contributed by atoms with Crippen molar-refractivity contribution in [3.05, 3.63) is 11.6 Å². The Labute approximate surface area is 83.2 Å². The predicted octanol–water partition coefficient (Wildman–Crippen LogP) is 1.76. The highest BCUT2D eigenvalue weighted by atomic mass is 16.4. The Balaban J connectivity index is 4.55. The van der Waals surface area contributed by atoms with Crippen molar-refractivity contribution in [3.63, 3.8) is 0 Å². The molecule has 0 aliphatic heterocycles. The SMILES string of the molecule is CC(C)C(C)CC(=CC(=O)O)C(=O)O. The summed E-state index contributed by atoms with van der Waals surface area (Å²) in [5.41, 5.74) is -0.0429. The Morgan fingerprint density at radius 1 is 1.21 bits per heavy atom. The summed E-state index contributed by atoms with van der Waals surface area (Å²) < 4.78 is 0. The van der Waals surface area contributed by atoms with Gasteiger partial charge in [0.25, 0.3) is 0 Å². The number of carbonyl (C=O) groups is 2. The molecule has 4 nitrogen and oxygen atoms in total. The summed E-state index contributed by atoms with van der Waals surface area (Å²) in [5, 5.41) is 17.2. The average molecular weight is 200 g/mol. The molecule has 0 fully saturated rings. The molecule has 0 aromatic rings. The fourth-order valence-corrected chi connectivity index (χ4v) is 0.940. The number of aliphatic carboxylic acids is 2. The lowest BCUT2D eigenvalue weighted by Gasteiger charge is -2.14. The number of hydrogen-bond donors (Lipinski definition) is 2. The van der Waals surface area contributed by atoms with Crippen LogP contribution in [0, 0.1) is 11.8 Å². The monoisotopic (exact) mass is 200 g/mol. The van der Waals surface area contributed by atoms with Gasteiger partial charge in [-0.05, 0) is 18.3 Å². The van der Waals surface area contributed by atoms with Gasteiger partial charge in [0.15, 0.2) is 0 Å². The lowest BCUT2D eigenvalue weighted by Crippen LogP contribution is -2.11. The molecule has 0 aliphatic carbocycles. The third-order valence-corrected chi connectivity index (χ3v) is 2.25. The highest BCUT2D eigenvalue weighted by Gasteiger charge is 2.15. The topological polar surface area (TPSA) is 74.6 Å². The molecule has 0 radical (unpaired) electrons. The van der Waals surface area contributed by atoms with Crippen LogP contribution in [0.5, 0.6) is 0 Å². The summed E-state index contributed by atoms with van der Waals surface area (Å²) in [7, 11) is 0. The molecule has 0 bridgehead atoms. The molecule has 0 rings (SSSR count). The molecule has 14 heavy (non-hydrogen) atoms. The molecule has 0 saturated carbocycles. The second-order valence-corrected chi connectivity index (χ2v) is 3.74. The van der Waals surface area contributed by atoms with E-state index in [0.29, 0.717) is 12.3 Å². The highest BCUT2D eigenvalue weighted by Crippen LogP contribution is 2.19. The van der Waals surface area contributed by atoms with Crippen molar-refractivity contribution in [3.8, 4) is 0 Å². The van der Waals surface area contributed by atoms with Crippen molar-refractivity contribution in [2.24, 2.45) is 11.8 Å². The maximum atomic E-state index is 10.7. The molecule has 4 heteroatoms. The van der Waals surface area contributed by atoms with E-state index < -0.39 is 11.9 Å². The van der Waals surface area contributed by atoms with Gasteiger partial charge in [0.2, 0.25) is 0 Å². The molecule has 1 unspecified atom stereocenters. The van der Waals surface area contributed by atoms with Gasteiger partial charge in [0, 0.05) is 11.6 Å². The third kappa shape index (κ3) is 4.64. The number of hydrogen-bond acceptors (Lipinski definition) is 2. The van der Waals surface area contributed by atoms with E-state index in [-0.39, 0.29) is 11.5 Å². The molecule has 80 valence electrons. The Hall–Kier alpha value is -1.32. The third-order valence-electron chi connectivity index (χ3n) is 2.25. The summed E-state index contributed by atoms with van der Waals surface area (Å²) in [6, 6.07) is 0. The number of carboxylic acid groups (broad SMARTS) is 2. The summed E-state index contributed by atoms with van der Waals surface area (Å²) in [6.45, 7) is 5.86. The molecule has 0 aromatic carbocycles. The Bertz CT molecular complexity index is 253. The van der Waals surface area contributed by atoms with E-state index in [1.54, 1.807) is 0 Å². The van der Waals surface area contributed by atoms with E-state index in [2.05, 4.69) is 0 Å². The summed E-state index contributed by atoms with van der Waals surface area (Å²) >= 11 is 0.